The van der Waals surface area contributed by atoms with Gasteiger partial charge in [-0.2, -0.15) is 0 Å². The summed E-state index contributed by atoms with van der Waals surface area (Å²) < 4.78 is 19.0. The number of halogens is 2. The number of hydrogen-bond acceptors (Lipinski definition) is 4. The number of anilines is 1. The van der Waals surface area contributed by atoms with E-state index < -0.39 is 0 Å². The van der Waals surface area contributed by atoms with E-state index in [0.29, 0.717) is 29.9 Å². The number of hydrogen-bond donors (Lipinski definition) is 2. The van der Waals surface area contributed by atoms with Gasteiger partial charge in [0.05, 0.1) is 11.9 Å². The topological polar surface area (TPSA) is 46.2 Å². The summed E-state index contributed by atoms with van der Waals surface area (Å²) in [6.07, 6.45) is 3.47. The number of rotatable bonds is 6. The molecule has 1 aliphatic heterocycles. The maximum absolute atomic E-state index is 13.4. The van der Waals surface area contributed by atoms with Crippen molar-refractivity contribution in [2.75, 3.05) is 25.1 Å². The summed E-state index contributed by atoms with van der Waals surface area (Å²) in [5.74, 6) is -0.230. The van der Waals surface area contributed by atoms with Gasteiger partial charge in [-0.15, -0.1) is 0 Å². The van der Waals surface area contributed by atoms with Crippen LogP contribution in [0, 0.1) is 5.82 Å². The average molecular weight is 488 g/mol. The zero-order chi connectivity index (χ0) is 22.4. The summed E-state index contributed by atoms with van der Waals surface area (Å²) in [5, 5.41) is 8.66. The van der Waals surface area contributed by atoms with Crippen LogP contribution in [0.2, 0.25) is 5.02 Å². The second-order valence-corrected chi connectivity index (χ2v) is 9.59. The number of nitrogens with zero attached hydrogens (tertiary/aromatic N) is 1. The first-order valence-corrected chi connectivity index (χ1v) is 11.9. The number of pyridine rings is 1. The van der Waals surface area contributed by atoms with E-state index >= 15 is 0 Å². The van der Waals surface area contributed by atoms with Crippen LogP contribution in [0.5, 0.6) is 0 Å². The lowest BCUT2D eigenvalue weighted by molar-refractivity contribution is 0.0515. The largest absolute Gasteiger partial charge is 0.381 e. The molecule has 4 nitrogen and oxygen atoms in total. The molecule has 1 aromatic heterocycles. The van der Waals surface area contributed by atoms with Crippen LogP contribution in [-0.2, 0) is 10.2 Å². The Morgan fingerprint density at radius 3 is 2.44 bits per heavy atom. The van der Waals surface area contributed by atoms with Crippen molar-refractivity contribution in [1.29, 1.82) is 0 Å². The monoisotopic (exact) mass is 487 g/mol. The molecule has 2 N–H and O–H groups in total. The molecule has 0 bridgehead atoms. The molecule has 1 saturated heterocycles. The molecule has 0 atom stereocenters. The van der Waals surface area contributed by atoms with Gasteiger partial charge in [0, 0.05) is 35.1 Å². The Kier molecular flexibility index (Phi) is 7.63. The molecule has 166 valence electrons. The SMILES string of the molecule is Fc1ccc(C2(CNC(=S)Nc3ccc(Sc4ccc(Cl)cc4)nc3)CCOCC2)cc1. The Bertz CT molecular complexity index is 1040. The smallest absolute Gasteiger partial charge is 0.170 e. The van der Waals surface area contributed by atoms with Crippen molar-refractivity contribution in [3.63, 3.8) is 0 Å². The van der Waals surface area contributed by atoms with Gasteiger partial charge in [-0.05, 0) is 79.2 Å². The van der Waals surface area contributed by atoms with Crippen molar-refractivity contribution in [3.05, 3.63) is 83.3 Å². The van der Waals surface area contributed by atoms with E-state index in [9.17, 15) is 4.39 Å². The van der Waals surface area contributed by atoms with Crippen molar-refractivity contribution in [1.82, 2.24) is 10.3 Å². The minimum Gasteiger partial charge on any atom is -0.381 e. The highest BCUT2D eigenvalue weighted by atomic mass is 35.5. The van der Waals surface area contributed by atoms with E-state index in [2.05, 4.69) is 15.6 Å². The number of thiocarbonyl (C=S) groups is 1. The molecular weight excluding hydrogens is 465 g/mol. The molecule has 2 aromatic carbocycles. The van der Waals surface area contributed by atoms with Crippen molar-refractivity contribution in [3.8, 4) is 0 Å². The van der Waals surface area contributed by atoms with Crippen LogP contribution >= 0.6 is 35.6 Å². The Morgan fingerprint density at radius 2 is 1.78 bits per heavy atom. The molecule has 1 aliphatic rings. The second kappa shape index (κ2) is 10.6. The van der Waals surface area contributed by atoms with Crippen molar-refractivity contribution < 1.29 is 9.13 Å². The van der Waals surface area contributed by atoms with Crippen LogP contribution in [0.25, 0.3) is 0 Å². The summed E-state index contributed by atoms with van der Waals surface area (Å²) in [7, 11) is 0. The van der Waals surface area contributed by atoms with Gasteiger partial charge in [-0.25, -0.2) is 9.37 Å². The molecule has 0 spiro atoms. The maximum atomic E-state index is 13.4. The Morgan fingerprint density at radius 1 is 1.06 bits per heavy atom. The molecule has 0 saturated carbocycles. The van der Waals surface area contributed by atoms with Gasteiger partial charge in [-0.3, -0.25) is 0 Å². The van der Waals surface area contributed by atoms with Crippen LogP contribution in [0.3, 0.4) is 0 Å². The van der Waals surface area contributed by atoms with Gasteiger partial charge in [0.15, 0.2) is 5.11 Å². The number of aromatic nitrogens is 1. The third-order valence-corrected chi connectivity index (χ3v) is 6.98. The zero-order valence-corrected chi connectivity index (χ0v) is 19.7. The molecule has 8 heteroatoms. The lowest BCUT2D eigenvalue weighted by atomic mass is 9.74. The fourth-order valence-corrected chi connectivity index (χ4v) is 4.77. The Labute approximate surface area is 201 Å². The van der Waals surface area contributed by atoms with Gasteiger partial charge in [0.1, 0.15) is 10.8 Å². The summed E-state index contributed by atoms with van der Waals surface area (Å²) in [6, 6.07) is 18.3. The average Bonchev–Trinajstić information content (AvgIpc) is 2.82. The van der Waals surface area contributed by atoms with Gasteiger partial charge < -0.3 is 15.4 Å². The molecule has 4 rings (SSSR count). The van der Waals surface area contributed by atoms with E-state index in [1.54, 1.807) is 18.0 Å². The quantitative estimate of drug-likeness (QED) is 0.412. The number of ether oxygens (including phenoxy) is 1. The van der Waals surface area contributed by atoms with Crippen molar-refractivity contribution >= 4 is 46.4 Å². The van der Waals surface area contributed by atoms with Crippen LogP contribution in [0.1, 0.15) is 18.4 Å². The predicted molar refractivity (Wildman–Crippen MR) is 132 cm³/mol. The van der Waals surface area contributed by atoms with Gasteiger partial charge in [0.2, 0.25) is 0 Å². The molecule has 0 aliphatic carbocycles. The molecule has 0 unspecified atom stereocenters. The fraction of sp³-hybridized carbons (Fsp3) is 0.250. The minimum absolute atomic E-state index is 0.144. The van der Waals surface area contributed by atoms with Gasteiger partial charge in [0.25, 0.3) is 0 Å². The summed E-state index contributed by atoms with van der Waals surface area (Å²) in [6.45, 7) is 2.00. The first-order chi connectivity index (χ1) is 15.5. The van der Waals surface area contributed by atoms with Crippen LogP contribution in [0.15, 0.2) is 76.8 Å². The third-order valence-electron chi connectivity index (χ3n) is 5.52. The van der Waals surface area contributed by atoms with Crippen molar-refractivity contribution in [2.24, 2.45) is 0 Å². The Hall–Kier alpha value is -2.19. The molecule has 2 heterocycles. The second-order valence-electron chi connectivity index (χ2n) is 7.65. The molecule has 0 radical (unpaired) electrons. The normalized spacial score (nSPS) is 15.2. The zero-order valence-electron chi connectivity index (χ0n) is 17.3. The highest BCUT2D eigenvalue weighted by Crippen LogP contribution is 2.34. The molecule has 3 aromatic rings. The highest BCUT2D eigenvalue weighted by molar-refractivity contribution is 7.99. The minimum atomic E-state index is -0.230. The van der Waals surface area contributed by atoms with Crippen LogP contribution < -0.4 is 10.6 Å². The lowest BCUT2D eigenvalue weighted by Gasteiger charge is -2.38. The first kappa shape index (κ1) is 23.0. The standard InChI is InChI=1S/C24H23ClFN3OS2/c25-18-3-8-21(9-4-18)32-22-10-7-20(15-27-22)29-23(31)28-16-24(11-13-30-14-12-24)17-1-5-19(26)6-2-17/h1-10,15H,11-14,16H2,(H2,28,29,31). The van der Waals surface area contributed by atoms with E-state index in [1.165, 1.54) is 12.1 Å². The van der Waals surface area contributed by atoms with Gasteiger partial charge in [-0.1, -0.05) is 35.5 Å². The molecule has 0 amide bonds. The van der Waals surface area contributed by atoms with E-state index in [-0.39, 0.29) is 11.2 Å². The van der Waals surface area contributed by atoms with E-state index in [1.807, 2.05) is 48.5 Å². The number of benzene rings is 2. The summed E-state index contributed by atoms with van der Waals surface area (Å²) in [5.41, 5.74) is 1.77. The summed E-state index contributed by atoms with van der Waals surface area (Å²) in [4.78, 5) is 5.57. The van der Waals surface area contributed by atoms with E-state index in [4.69, 9.17) is 28.6 Å². The van der Waals surface area contributed by atoms with Crippen molar-refractivity contribution in [2.45, 2.75) is 28.2 Å². The lowest BCUT2D eigenvalue weighted by Crippen LogP contribution is -2.45. The van der Waals surface area contributed by atoms with Crippen LogP contribution in [0.4, 0.5) is 10.1 Å². The fourth-order valence-electron chi connectivity index (χ4n) is 3.70. The molecule has 1 fully saturated rings. The highest BCUT2D eigenvalue weighted by Gasteiger charge is 2.34. The predicted octanol–water partition coefficient (Wildman–Crippen LogP) is 6.06. The van der Waals surface area contributed by atoms with Gasteiger partial charge >= 0.3 is 0 Å². The number of nitrogens with one attached hydrogen (secondary N) is 2. The maximum Gasteiger partial charge on any atom is 0.170 e. The Balaban J connectivity index is 1.35. The van der Waals surface area contributed by atoms with E-state index in [0.717, 1.165) is 34.0 Å². The molecule has 32 heavy (non-hydrogen) atoms. The van der Waals surface area contributed by atoms with Crippen LogP contribution in [-0.4, -0.2) is 29.9 Å². The first-order valence-electron chi connectivity index (χ1n) is 10.3. The molecular formula is C24H23ClFN3OS2. The third kappa shape index (κ3) is 5.98. The summed E-state index contributed by atoms with van der Waals surface area (Å²) >= 11 is 13.0.